The molecule has 0 unspecified atom stereocenters. The third-order valence-electron chi connectivity index (χ3n) is 5.21. The van der Waals surface area contributed by atoms with E-state index in [0.29, 0.717) is 11.3 Å². The standard InChI is InChI=1S/C22H22F3NO5/c1-13(28)31-20-16(14-6-8-15(30-2)9-7-14)12-17-18(22(23,24)25)4-3-5-19(17)26(10-11-27)21(20)29/h3-9,16,20,27H,10-12H2,1-2H3/t16-,20+/m1/s1. The summed E-state index contributed by atoms with van der Waals surface area (Å²) in [5.74, 6) is -1.76. The van der Waals surface area contributed by atoms with Crippen LogP contribution in [0.1, 0.15) is 29.5 Å². The first-order chi connectivity index (χ1) is 14.7. The van der Waals surface area contributed by atoms with Crippen LogP contribution in [0.5, 0.6) is 5.75 Å². The number of rotatable bonds is 5. The number of ether oxygens (including phenoxy) is 2. The predicted molar refractivity (Wildman–Crippen MR) is 106 cm³/mol. The summed E-state index contributed by atoms with van der Waals surface area (Å²) in [4.78, 5) is 26.2. The lowest BCUT2D eigenvalue weighted by atomic mass is 9.86. The van der Waals surface area contributed by atoms with Crippen molar-refractivity contribution in [2.24, 2.45) is 0 Å². The van der Waals surface area contributed by atoms with Gasteiger partial charge in [-0.25, -0.2) is 0 Å². The van der Waals surface area contributed by atoms with Crippen LogP contribution in [0.3, 0.4) is 0 Å². The number of carbonyl (C=O) groups is 2. The second-order valence-corrected chi connectivity index (χ2v) is 7.13. The van der Waals surface area contributed by atoms with E-state index in [9.17, 15) is 27.9 Å². The van der Waals surface area contributed by atoms with E-state index in [2.05, 4.69) is 0 Å². The third kappa shape index (κ3) is 4.66. The normalized spacial score (nSPS) is 18.9. The van der Waals surface area contributed by atoms with Crippen LogP contribution in [0.25, 0.3) is 0 Å². The maximum Gasteiger partial charge on any atom is 0.416 e. The number of methoxy groups -OCH3 is 1. The molecule has 0 saturated carbocycles. The number of halogens is 3. The minimum absolute atomic E-state index is 0.0436. The van der Waals surface area contributed by atoms with E-state index in [1.165, 1.54) is 19.2 Å². The smallest absolute Gasteiger partial charge is 0.416 e. The van der Waals surface area contributed by atoms with Crippen LogP contribution in [0.2, 0.25) is 0 Å². The fraction of sp³-hybridized carbons (Fsp3) is 0.364. The molecule has 0 saturated heterocycles. The Labute approximate surface area is 177 Å². The van der Waals surface area contributed by atoms with E-state index in [0.717, 1.165) is 17.9 Å². The van der Waals surface area contributed by atoms with Gasteiger partial charge in [-0.2, -0.15) is 13.2 Å². The Hall–Kier alpha value is -3.07. The fourth-order valence-electron chi connectivity index (χ4n) is 3.86. The minimum Gasteiger partial charge on any atom is -0.497 e. The predicted octanol–water partition coefficient (Wildman–Crippen LogP) is 3.31. The molecule has 0 spiro atoms. The summed E-state index contributed by atoms with van der Waals surface area (Å²) in [6.07, 6.45) is -6.19. The Morgan fingerprint density at radius 1 is 1.19 bits per heavy atom. The second-order valence-electron chi connectivity index (χ2n) is 7.13. The van der Waals surface area contributed by atoms with E-state index in [-0.39, 0.29) is 24.2 Å². The number of fused-ring (bicyclic) bond motifs is 1. The fourth-order valence-corrected chi connectivity index (χ4v) is 3.86. The maximum atomic E-state index is 13.8. The topological polar surface area (TPSA) is 76.1 Å². The van der Waals surface area contributed by atoms with Crippen molar-refractivity contribution >= 4 is 17.6 Å². The zero-order valence-electron chi connectivity index (χ0n) is 17.0. The molecule has 1 aliphatic heterocycles. The first kappa shape index (κ1) is 22.6. The van der Waals surface area contributed by atoms with Crippen molar-refractivity contribution in [2.75, 3.05) is 25.2 Å². The monoisotopic (exact) mass is 437 g/mol. The number of anilines is 1. The lowest BCUT2D eigenvalue weighted by molar-refractivity contribution is -0.154. The molecule has 3 rings (SSSR count). The molecule has 2 atom stereocenters. The average molecular weight is 437 g/mol. The number of β-amino-alcohol motifs (C(OH)–C–C–N with tert-alkyl or cyclic N) is 1. The van der Waals surface area contributed by atoms with Crippen molar-refractivity contribution in [3.63, 3.8) is 0 Å². The SMILES string of the molecule is COc1ccc([C@H]2Cc3c(cccc3C(F)(F)F)N(CCO)C(=O)[C@H]2OC(C)=O)cc1. The van der Waals surface area contributed by atoms with Gasteiger partial charge in [0, 0.05) is 25.1 Å². The van der Waals surface area contributed by atoms with Gasteiger partial charge in [0.25, 0.3) is 5.91 Å². The van der Waals surface area contributed by atoms with Gasteiger partial charge in [-0.3, -0.25) is 9.59 Å². The molecule has 31 heavy (non-hydrogen) atoms. The van der Waals surface area contributed by atoms with Crippen molar-refractivity contribution in [1.29, 1.82) is 0 Å². The molecule has 9 heteroatoms. The number of aliphatic hydroxyl groups is 1. The van der Waals surface area contributed by atoms with Crippen LogP contribution in [0, 0.1) is 0 Å². The maximum absolute atomic E-state index is 13.8. The largest absolute Gasteiger partial charge is 0.497 e. The average Bonchev–Trinajstić information content (AvgIpc) is 2.83. The Kier molecular flexibility index (Phi) is 6.54. The van der Waals surface area contributed by atoms with E-state index >= 15 is 0 Å². The van der Waals surface area contributed by atoms with Crippen molar-refractivity contribution in [3.05, 3.63) is 59.2 Å². The van der Waals surface area contributed by atoms with Gasteiger partial charge in [0.05, 0.1) is 19.3 Å². The highest BCUT2D eigenvalue weighted by atomic mass is 19.4. The molecule has 1 amide bonds. The number of esters is 1. The number of aliphatic hydroxyl groups excluding tert-OH is 1. The summed E-state index contributed by atoms with van der Waals surface area (Å²) >= 11 is 0. The number of hydrogen-bond donors (Lipinski definition) is 1. The third-order valence-corrected chi connectivity index (χ3v) is 5.21. The van der Waals surface area contributed by atoms with Gasteiger partial charge in [-0.05, 0) is 41.8 Å². The van der Waals surface area contributed by atoms with Crippen LogP contribution in [0.4, 0.5) is 18.9 Å². The van der Waals surface area contributed by atoms with Crippen LogP contribution in [0.15, 0.2) is 42.5 Å². The Bertz CT molecular complexity index is 959. The highest BCUT2D eigenvalue weighted by Gasteiger charge is 2.43. The Morgan fingerprint density at radius 3 is 2.42 bits per heavy atom. The number of hydrogen-bond acceptors (Lipinski definition) is 5. The minimum atomic E-state index is -4.65. The van der Waals surface area contributed by atoms with Crippen LogP contribution >= 0.6 is 0 Å². The van der Waals surface area contributed by atoms with Gasteiger partial charge in [0.2, 0.25) is 0 Å². The van der Waals surface area contributed by atoms with Crippen molar-refractivity contribution in [1.82, 2.24) is 0 Å². The molecule has 0 aliphatic carbocycles. The van der Waals surface area contributed by atoms with Gasteiger partial charge in [-0.1, -0.05) is 18.2 Å². The van der Waals surface area contributed by atoms with Crippen LogP contribution in [-0.2, 0) is 26.9 Å². The molecule has 0 fully saturated rings. The van der Waals surface area contributed by atoms with E-state index in [1.807, 2.05) is 0 Å². The summed E-state index contributed by atoms with van der Waals surface area (Å²) in [5.41, 5.74) is -0.397. The molecule has 0 radical (unpaired) electrons. The molecule has 1 heterocycles. The van der Waals surface area contributed by atoms with Gasteiger partial charge < -0.3 is 19.5 Å². The Morgan fingerprint density at radius 2 is 1.87 bits per heavy atom. The van der Waals surface area contributed by atoms with Crippen molar-refractivity contribution < 1.29 is 37.3 Å². The highest BCUT2D eigenvalue weighted by Crippen LogP contribution is 2.42. The van der Waals surface area contributed by atoms with Crippen molar-refractivity contribution in [3.8, 4) is 5.75 Å². The molecular weight excluding hydrogens is 415 g/mol. The van der Waals surface area contributed by atoms with Gasteiger partial charge in [-0.15, -0.1) is 0 Å². The number of alkyl halides is 3. The Balaban J connectivity index is 2.22. The lowest BCUT2D eigenvalue weighted by Gasteiger charge is -2.27. The first-order valence-electron chi connectivity index (χ1n) is 9.59. The zero-order chi connectivity index (χ0) is 22.8. The van der Waals surface area contributed by atoms with Crippen LogP contribution < -0.4 is 9.64 Å². The van der Waals surface area contributed by atoms with Crippen LogP contribution in [-0.4, -0.2) is 43.3 Å². The molecule has 0 aromatic heterocycles. The van der Waals surface area contributed by atoms with Gasteiger partial charge in [0.1, 0.15) is 5.75 Å². The summed E-state index contributed by atoms with van der Waals surface area (Å²) in [6.45, 7) is 0.426. The number of nitrogens with zero attached hydrogens (tertiary/aromatic N) is 1. The number of carbonyl (C=O) groups excluding carboxylic acids is 2. The van der Waals surface area contributed by atoms with Gasteiger partial charge >= 0.3 is 12.1 Å². The summed E-state index contributed by atoms with van der Waals surface area (Å²) in [5, 5.41) is 9.45. The molecule has 6 nitrogen and oxygen atoms in total. The molecule has 166 valence electrons. The molecule has 2 aromatic rings. The first-order valence-corrected chi connectivity index (χ1v) is 9.59. The molecule has 1 N–H and O–H groups in total. The lowest BCUT2D eigenvalue weighted by Crippen LogP contribution is -2.44. The number of amides is 1. The highest BCUT2D eigenvalue weighted by molar-refractivity contribution is 6.00. The van der Waals surface area contributed by atoms with E-state index in [1.54, 1.807) is 24.3 Å². The second kappa shape index (κ2) is 8.97. The summed E-state index contributed by atoms with van der Waals surface area (Å²) in [7, 11) is 1.48. The molecule has 1 aliphatic rings. The molecule has 2 aromatic carbocycles. The van der Waals surface area contributed by atoms with Crippen molar-refractivity contribution in [2.45, 2.75) is 31.5 Å². The zero-order valence-corrected chi connectivity index (χ0v) is 17.0. The molecule has 0 bridgehead atoms. The quantitative estimate of drug-likeness (QED) is 0.727. The van der Waals surface area contributed by atoms with Gasteiger partial charge in [0.15, 0.2) is 6.10 Å². The van der Waals surface area contributed by atoms with E-state index < -0.39 is 42.2 Å². The summed E-state index contributed by atoms with van der Waals surface area (Å²) in [6, 6.07) is 10.1. The summed E-state index contributed by atoms with van der Waals surface area (Å²) < 4.78 is 51.8. The van der Waals surface area contributed by atoms with E-state index in [4.69, 9.17) is 9.47 Å². The number of benzene rings is 2. The molecular formula is C22H22F3NO5.